The monoisotopic (exact) mass is 898 g/mol. The zero-order valence-corrected chi connectivity index (χ0v) is 34.7. The number of carboxylic acid groups (broad SMARTS) is 1. The molecule has 0 saturated heterocycles. The van der Waals surface area contributed by atoms with E-state index >= 15 is 0 Å². The molecule has 3 aromatic carbocycles. The van der Waals surface area contributed by atoms with Gasteiger partial charge in [0.25, 0.3) is 28.7 Å². The summed E-state index contributed by atoms with van der Waals surface area (Å²) in [6.07, 6.45) is 0.619. The Labute approximate surface area is 368 Å². The van der Waals surface area contributed by atoms with E-state index in [0.717, 1.165) is 46.8 Å². The van der Waals surface area contributed by atoms with E-state index in [4.69, 9.17) is 19.7 Å². The first kappa shape index (κ1) is 47.8. The number of phenolic OH excluding ortho intramolecular Hbond substituents is 1. The van der Waals surface area contributed by atoms with Crippen LogP contribution in [0.2, 0.25) is 0 Å². The summed E-state index contributed by atoms with van der Waals surface area (Å²) < 4.78 is 5.31. The Hall–Kier alpha value is -8.21. The maximum atomic E-state index is 13.5. The van der Waals surface area contributed by atoms with E-state index in [1.54, 1.807) is 17.0 Å². The Balaban J connectivity index is 0.000000240. The number of nitrogens with zero attached hydrogens (tertiary/aromatic N) is 8. The number of non-ortho nitro benzene ring substituents is 2. The zero-order valence-electron chi connectivity index (χ0n) is 34.7. The second-order valence-electron chi connectivity index (χ2n) is 15.0. The third-order valence-electron chi connectivity index (χ3n) is 10.8. The highest BCUT2D eigenvalue weighted by Crippen LogP contribution is 2.50. The molecule has 23 nitrogen and oxygen atoms in total. The van der Waals surface area contributed by atoms with E-state index in [-0.39, 0.29) is 48.8 Å². The number of carboxylic acids is 1. The van der Waals surface area contributed by atoms with Gasteiger partial charge in [-0.2, -0.15) is 0 Å². The summed E-state index contributed by atoms with van der Waals surface area (Å²) in [6, 6.07) is 8.12. The molecule has 1 aromatic heterocycles. The number of nitro groups is 4. The fourth-order valence-corrected chi connectivity index (χ4v) is 7.75. The van der Waals surface area contributed by atoms with Crippen LogP contribution in [0.15, 0.2) is 71.4 Å². The first-order chi connectivity index (χ1) is 30.2. The highest BCUT2D eigenvalue weighted by atomic mass is 16.7. The van der Waals surface area contributed by atoms with Crippen molar-refractivity contribution in [2.45, 2.75) is 59.9 Å². The normalized spacial score (nSPS) is 16.2. The van der Waals surface area contributed by atoms with Gasteiger partial charge in [0, 0.05) is 47.3 Å². The van der Waals surface area contributed by atoms with Gasteiger partial charge in [-0.1, -0.05) is 32.2 Å². The number of aromatic nitrogens is 1. The molecule has 0 radical (unpaired) electrons. The third-order valence-corrected chi connectivity index (χ3v) is 10.8. The lowest BCUT2D eigenvalue weighted by Gasteiger charge is -2.29. The molecule has 1 unspecified atom stereocenters. The van der Waals surface area contributed by atoms with Crippen molar-refractivity contribution in [2.24, 2.45) is 11.1 Å². The van der Waals surface area contributed by atoms with Gasteiger partial charge in [-0.15, -0.1) is 0 Å². The highest BCUT2D eigenvalue weighted by Gasteiger charge is 2.42. The number of carbonyl (C=O) groups excluding carboxylic acids is 2. The van der Waals surface area contributed by atoms with E-state index in [1.807, 2.05) is 45.0 Å². The summed E-state index contributed by atoms with van der Waals surface area (Å²) in [7, 11) is 3.90. The molecule has 4 aromatic rings. The Morgan fingerprint density at radius 3 is 2.05 bits per heavy atom. The standard InChI is InChI=1S/C25H29N3O4.C16H9N5O11.CH4/c1-6-16-17(7-2)25(31)32-13-20(16)24(30)28-11-15-10-18-19(12-27(4)5)22(29)9-8-21(18)26-23(15)14(28)3;1-6(16(22)23)32-17-15-9-2-7(18(24)25)4-11(20(28)29)13(9)14-10(15)3-8(19(26)27)5-12(14)21(30)31;/h6,8-10,14,17,29H,1,7,11-13H2,2-5H3;2-6H,1H3,(H,22,23);1H4/t14?,17-;6-;/m10./s1. The number of aromatic hydroxyl groups is 1. The molecule has 0 bridgehead atoms. The largest absolute Gasteiger partial charge is 0.508 e. The summed E-state index contributed by atoms with van der Waals surface area (Å²) in [4.78, 5) is 92.0. The van der Waals surface area contributed by atoms with Crippen molar-refractivity contribution in [3.05, 3.63) is 135 Å². The summed E-state index contributed by atoms with van der Waals surface area (Å²) in [5, 5.41) is 69.6. The van der Waals surface area contributed by atoms with E-state index in [0.29, 0.717) is 42.8 Å². The fourth-order valence-electron chi connectivity index (χ4n) is 7.75. The van der Waals surface area contributed by atoms with E-state index < -0.39 is 77.3 Å². The topological polar surface area (TPSA) is 314 Å². The lowest BCUT2D eigenvalue weighted by molar-refractivity contribution is -0.395. The molecule has 2 N–H and O–H groups in total. The number of allylic oxidation sites excluding steroid dienone is 1. The molecular formula is C42H42N8O15. The van der Waals surface area contributed by atoms with Crippen LogP contribution in [-0.4, -0.2) is 95.1 Å². The molecule has 1 amide bonds. The van der Waals surface area contributed by atoms with Crippen molar-refractivity contribution in [1.29, 1.82) is 0 Å². The predicted molar refractivity (Wildman–Crippen MR) is 231 cm³/mol. The minimum atomic E-state index is -1.54. The van der Waals surface area contributed by atoms with Gasteiger partial charge in [-0.3, -0.25) is 55.0 Å². The maximum Gasteiger partial charge on any atom is 0.347 e. The van der Waals surface area contributed by atoms with Crippen molar-refractivity contribution in [3.63, 3.8) is 0 Å². The Bertz CT molecular complexity index is 2720. The maximum absolute atomic E-state index is 13.5. The van der Waals surface area contributed by atoms with Gasteiger partial charge >= 0.3 is 11.9 Å². The lowest BCUT2D eigenvalue weighted by Crippen LogP contribution is -2.36. The third kappa shape index (κ3) is 8.88. The number of phenols is 1. The number of cyclic esters (lactones) is 1. The number of aliphatic carboxylic acids is 1. The van der Waals surface area contributed by atoms with Crippen LogP contribution < -0.4 is 0 Å². The van der Waals surface area contributed by atoms with Gasteiger partial charge in [0.05, 0.1) is 71.7 Å². The SMILES string of the molecule is C.C=CC1=C(C(=O)N2Cc3cc4c(CN(C)C)c(O)ccc4nc3C2C)COC(=O)[C@@H]1CC.C[C@H](ON=C1c2cc([N+](=O)[O-])cc([N+](=O)[O-])c2-c2c1cc([N+](=O)[O-])cc2[N+](=O)[O-])C(=O)O. The summed E-state index contributed by atoms with van der Waals surface area (Å²) in [5.74, 6) is -2.14. The summed E-state index contributed by atoms with van der Waals surface area (Å²) >= 11 is 0. The van der Waals surface area contributed by atoms with Gasteiger partial charge < -0.3 is 29.6 Å². The first-order valence-corrected chi connectivity index (χ1v) is 19.2. The first-order valence-electron chi connectivity index (χ1n) is 19.2. The van der Waals surface area contributed by atoms with Crippen LogP contribution in [0.3, 0.4) is 0 Å². The minimum absolute atomic E-state index is 0. The van der Waals surface area contributed by atoms with Crippen molar-refractivity contribution < 1.29 is 53.9 Å². The number of nitro benzene ring substituents is 4. The van der Waals surface area contributed by atoms with Gasteiger partial charge in [-0.05, 0) is 63.7 Å². The molecule has 0 saturated carbocycles. The van der Waals surface area contributed by atoms with Gasteiger partial charge in [0.2, 0.25) is 6.10 Å². The smallest absolute Gasteiger partial charge is 0.347 e. The summed E-state index contributed by atoms with van der Waals surface area (Å²) in [5.41, 5.74) is -0.792. The number of rotatable bonds is 12. The second-order valence-corrected chi connectivity index (χ2v) is 15.0. The highest BCUT2D eigenvalue weighted by molar-refractivity contribution is 6.27. The molecule has 2 aliphatic heterocycles. The van der Waals surface area contributed by atoms with E-state index in [9.17, 15) is 59.9 Å². The lowest BCUT2D eigenvalue weighted by atomic mass is 9.89. The zero-order chi connectivity index (χ0) is 47.1. The Morgan fingerprint density at radius 1 is 1.00 bits per heavy atom. The number of fused-ring (bicyclic) bond motifs is 5. The van der Waals surface area contributed by atoms with Crippen LogP contribution in [0.25, 0.3) is 22.0 Å². The molecule has 7 rings (SSSR count). The van der Waals surface area contributed by atoms with Crippen molar-refractivity contribution in [2.75, 3.05) is 20.7 Å². The number of carbonyl (C=O) groups is 3. The molecule has 340 valence electrons. The van der Waals surface area contributed by atoms with E-state index in [2.05, 4.69) is 11.7 Å². The molecule has 0 spiro atoms. The minimum Gasteiger partial charge on any atom is -0.508 e. The van der Waals surface area contributed by atoms with Crippen LogP contribution >= 0.6 is 0 Å². The number of esters is 1. The number of ether oxygens (including phenoxy) is 1. The molecule has 3 aliphatic rings. The number of benzene rings is 3. The number of hydrogen-bond donors (Lipinski definition) is 2. The van der Waals surface area contributed by atoms with Crippen LogP contribution in [0.1, 0.15) is 68.6 Å². The molecule has 1 aliphatic carbocycles. The average Bonchev–Trinajstić information content (AvgIpc) is 3.74. The second kappa shape index (κ2) is 18.6. The van der Waals surface area contributed by atoms with Crippen LogP contribution in [0.5, 0.6) is 5.75 Å². The molecular weight excluding hydrogens is 857 g/mol. The quantitative estimate of drug-likeness (QED) is 0.0752. The molecule has 65 heavy (non-hydrogen) atoms. The number of pyridine rings is 1. The van der Waals surface area contributed by atoms with Gasteiger partial charge in [-0.25, -0.2) is 4.79 Å². The molecule has 3 heterocycles. The summed E-state index contributed by atoms with van der Waals surface area (Å²) in [6.45, 7) is 9.73. The van der Waals surface area contributed by atoms with Crippen molar-refractivity contribution in [1.82, 2.24) is 14.8 Å². The van der Waals surface area contributed by atoms with Crippen LogP contribution in [0, 0.1) is 46.4 Å². The van der Waals surface area contributed by atoms with Crippen molar-refractivity contribution >= 4 is 57.2 Å². The van der Waals surface area contributed by atoms with Gasteiger partial charge in [0.1, 0.15) is 18.1 Å². The Morgan fingerprint density at radius 2 is 1.57 bits per heavy atom. The van der Waals surface area contributed by atoms with Crippen LogP contribution in [0.4, 0.5) is 22.7 Å². The van der Waals surface area contributed by atoms with Gasteiger partial charge in [0.15, 0.2) is 0 Å². The average molecular weight is 899 g/mol. The molecule has 3 atom stereocenters. The predicted octanol–water partition coefficient (Wildman–Crippen LogP) is 6.65. The molecule has 23 heteroatoms. The fraction of sp³-hybridized carbons (Fsp3) is 0.310. The van der Waals surface area contributed by atoms with Crippen molar-refractivity contribution in [3.8, 4) is 16.9 Å². The van der Waals surface area contributed by atoms with Crippen LogP contribution in [-0.2, 0) is 37.0 Å². The Kier molecular flexibility index (Phi) is 13.7. The number of oxime groups is 1. The number of amides is 1. The molecule has 0 fully saturated rings. The number of hydrogen-bond acceptors (Lipinski definition) is 17. The van der Waals surface area contributed by atoms with E-state index in [1.165, 1.54) is 0 Å².